The zero-order chi connectivity index (χ0) is 13.0. The summed E-state index contributed by atoms with van der Waals surface area (Å²) in [4.78, 5) is 0. The van der Waals surface area contributed by atoms with Crippen LogP contribution < -0.4 is 9.47 Å². The molecule has 1 N–H and O–H groups in total. The van der Waals surface area contributed by atoms with Crippen LogP contribution in [-0.4, -0.2) is 25.4 Å². The maximum Gasteiger partial charge on any atom is 0.126 e. The molecule has 3 heteroatoms. The van der Waals surface area contributed by atoms with E-state index >= 15 is 0 Å². The molecule has 0 radical (unpaired) electrons. The summed E-state index contributed by atoms with van der Waals surface area (Å²) in [5, 5.41) is 10.3. The highest BCUT2D eigenvalue weighted by atomic mass is 16.5. The molecule has 2 rings (SSSR count). The van der Waals surface area contributed by atoms with Gasteiger partial charge in [0.05, 0.1) is 20.3 Å². The Kier molecular flexibility index (Phi) is 4.48. The van der Waals surface area contributed by atoms with Gasteiger partial charge in [0, 0.05) is 17.5 Å². The fourth-order valence-corrected chi connectivity index (χ4v) is 2.78. The minimum Gasteiger partial charge on any atom is -0.497 e. The molecular weight excluding hydrogens is 228 g/mol. The second-order valence-electron chi connectivity index (χ2n) is 4.92. The van der Waals surface area contributed by atoms with Crippen molar-refractivity contribution < 1.29 is 14.6 Å². The van der Waals surface area contributed by atoms with Crippen LogP contribution in [0, 0.1) is 0 Å². The lowest BCUT2D eigenvalue weighted by Crippen LogP contribution is -2.17. The Labute approximate surface area is 109 Å². The van der Waals surface area contributed by atoms with Crippen LogP contribution >= 0.6 is 0 Å². The Morgan fingerprint density at radius 3 is 2.56 bits per heavy atom. The molecule has 1 aliphatic carbocycles. The zero-order valence-corrected chi connectivity index (χ0v) is 11.2. The number of aliphatic hydroxyl groups excluding tert-OH is 1. The molecule has 0 heterocycles. The quantitative estimate of drug-likeness (QED) is 0.838. The summed E-state index contributed by atoms with van der Waals surface area (Å²) in [6.45, 7) is 0. The largest absolute Gasteiger partial charge is 0.497 e. The summed E-state index contributed by atoms with van der Waals surface area (Å²) in [6.07, 6.45) is 5.18. The van der Waals surface area contributed by atoms with Crippen molar-refractivity contribution in [1.82, 2.24) is 0 Å². The van der Waals surface area contributed by atoms with Gasteiger partial charge in [0.25, 0.3) is 0 Å². The van der Waals surface area contributed by atoms with Gasteiger partial charge in [-0.05, 0) is 18.9 Å². The van der Waals surface area contributed by atoms with Crippen molar-refractivity contribution in [3.05, 3.63) is 23.8 Å². The summed E-state index contributed by atoms with van der Waals surface area (Å²) in [5.74, 6) is 1.80. The van der Waals surface area contributed by atoms with Crippen molar-refractivity contribution in [3.8, 4) is 11.5 Å². The van der Waals surface area contributed by atoms with E-state index in [9.17, 15) is 5.11 Å². The highest BCUT2D eigenvalue weighted by molar-refractivity contribution is 5.43. The first kappa shape index (κ1) is 13.2. The maximum atomic E-state index is 10.3. The number of hydrogen-bond acceptors (Lipinski definition) is 3. The van der Waals surface area contributed by atoms with Crippen molar-refractivity contribution in [2.45, 2.75) is 44.1 Å². The first-order valence-corrected chi connectivity index (χ1v) is 6.66. The van der Waals surface area contributed by atoms with Crippen LogP contribution in [0.4, 0.5) is 0 Å². The number of aliphatic hydroxyl groups is 1. The van der Waals surface area contributed by atoms with E-state index in [1.807, 2.05) is 18.2 Å². The van der Waals surface area contributed by atoms with Gasteiger partial charge in [-0.15, -0.1) is 0 Å². The third-order valence-electron chi connectivity index (χ3n) is 3.82. The van der Waals surface area contributed by atoms with E-state index in [0.29, 0.717) is 0 Å². The third kappa shape index (κ3) is 2.78. The molecule has 0 bridgehead atoms. The van der Waals surface area contributed by atoms with Crippen molar-refractivity contribution >= 4 is 0 Å². The standard InChI is InChI=1S/C15H22O3/c1-17-11-8-9-13(15(10-11)18-2)12-6-4-3-5-7-14(12)16/h8-10,12,14,16H,3-7H2,1-2H3. The van der Waals surface area contributed by atoms with Gasteiger partial charge in [-0.25, -0.2) is 0 Å². The molecule has 0 amide bonds. The highest BCUT2D eigenvalue weighted by Crippen LogP contribution is 2.38. The predicted molar refractivity (Wildman–Crippen MR) is 71.4 cm³/mol. The number of ether oxygens (including phenoxy) is 2. The minimum atomic E-state index is -0.255. The Balaban J connectivity index is 2.30. The molecule has 3 nitrogen and oxygen atoms in total. The summed E-state index contributed by atoms with van der Waals surface area (Å²) < 4.78 is 10.6. The maximum absolute atomic E-state index is 10.3. The Morgan fingerprint density at radius 2 is 1.83 bits per heavy atom. The fourth-order valence-electron chi connectivity index (χ4n) is 2.78. The lowest BCUT2D eigenvalue weighted by molar-refractivity contribution is 0.134. The highest BCUT2D eigenvalue weighted by Gasteiger charge is 2.25. The fraction of sp³-hybridized carbons (Fsp3) is 0.600. The smallest absolute Gasteiger partial charge is 0.126 e. The molecule has 1 aromatic rings. The van der Waals surface area contributed by atoms with Crippen molar-refractivity contribution in [2.24, 2.45) is 0 Å². The molecule has 1 saturated carbocycles. The van der Waals surface area contributed by atoms with Gasteiger partial charge in [-0.1, -0.05) is 25.3 Å². The number of benzene rings is 1. The van der Waals surface area contributed by atoms with Crippen LogP contribution in [0.25, 0.3) is 0 Å². The van der Waals surface area contributed by atoms with E-state index < -0.39 is 0 Å². The van der Waals surface area contributed by atoms with Gasteiger partial charge in [0.1, 0.15) is 11.5 Å². The average molecular weight is 250 g/mol. The normalized spacial score (nSPS) is 24.4. The van der Waals surface area contributed by atoms with Gasteiger partial charge in [0.15, 0.2) is 0 Å². The lowest BCUT2D eigenvalue weighted by atomic mass is 9.89. The Bertz CT molecular complexity index is 389. The van der Waals surface area contributed by atoms with Crippen molar-refractivity contribution in [2.75, 3.05) is 14.2 Å². The van der Waals surface area contributed by atoms with E-state index in [1.54, 1.807) is 14.2 Å². The predicted octanol–water partition coefficient (Wildman–Crippen LogP) is 3.11. The number of methoxy groups -OCH3 is 2. The summed E-state index contributed by atoms with van der Waals surface area (Å²) in [7, 11) is 3.32. The molecule has 0 aliphatic heterocycles. The molecule has 100 valence electrons. The molecular formula is C15H22O3. The first-order valence-electron chi connectivity index (χ1n) is 6.66. The van der Waals surface area contributed by atoms with Gasteiger partial charge >= 0.3 is 0 Å². The summed E-state index contributed by atoms with van der Waals surface area (Å²) in [6, 6.07) is 5.86. The molecule has 1 aromatic carbocycles. The van der Waals surface area contributed by atoms with Crippen LogP contribution in [-0.2, 0) is 0 Å². The minimum absolute atomic E-state index is 0.188. The SMILES string of the molecule is COc1ccc(C2CCCCCC2O)c(OC)c1. The van der Waals surface area contributed by atoms with Crippen LogP contribution in [0.3, 0.4) is 0 Å². The van der Waals surface area contributed by atoms with Gasteiger partial charge in [-0.3, -0.25) is 0 Å². The van der Waals surface area contributed by atoms with Crippen molar-refractivity contribution in [1.29, 1.82) is 0 Å². The van der Waals surface area contributed by atoms with Gasteiger partial charge < -0.3 is 14.6 Å². The lowest BCUT2D eigenvalue weighted by Gasteiger charge is -2.23. The average Bonchev–Trinajstić information content (AvgIpc) is 2.62. The second kappa shape index (κ2) is 6.10. The molecule has 18 heavy (non-hydrogen) atoms. The van der Waals surface area contributed by atoms with Crippen LogP contribution in [0.5, 0.6) is 11.5 Å². The van der Waals surface area contributed by atoms with Crippen molar-refractivity contribution in [3.63, 3.8) is 0 Å². The number of hydrogen-bond donors (Lipinski definition) is 1. The third-order valence-corrected chi connectivity index (χ3v) is 3.82. The zero-order valence-electron chi connectivity index (χ0n) is 11.2. The van der Waals surface area contributed by atoms with Crippen LogP contribution in [0.15, 0.2) is 18.2 Å². The molecule has 0 aromatic heterocycles. The van der Waals surface area contributed by atoms with Gasteiger partial charge in [-0.2, -0.15) is 0 Å². The van der Waals surface area contributed by atoms with Crippen LogP contribution in [0.2, 0.25) is 0 Å². The molecule has 2 atom stereocenters. The van der Waals surface area contributed by atoms with E-state index in [2.05, 4.69) is 0 Å². The molecule has 0 spiro atoms. The molecule has 1 aliphatic rings. The van der Waals surface area contributed by atoms with E-state index in [0.717, 1.165) is 36.3 Å². The van der Waals surface area contributed by atoms with Gasteiger partial charge in [0.2, 0.25) is 0 Å². The van der Waals surface area contributed by atoms with E-state index in [-0.39, 0.29) is 12.0 Å². The Morgan fingerprint density at radius 1 is 1.06 bits per heavy atom. The van der Waals surface area contributed by atoms with E-state index in [1.165, 1.54) is 12.8 Å². The molecule has 0 saturated heterocycles. The Hall–Kier alpha value is -1.22. The first-order chi connectivity index (χ1) is 8.76. The summed E-state index contributed by atoms with van der Waals surface area (Å²) in [5.41, 5.74) is 1.10. The second-order valence-corrected chi connectivity index (χ2v) is 4.92. The number of rotatable bonds is 3. The molecule has 2 unspecified atom stereocenters. The summed E-state index contributed by atoms with van der Waals surface area (Å²) >= 11 is 0. The monoisotopic (exact) mass is 250 g/mol. The topological polar surface area (TPSA) is 38.7 Å². The molecule has 1 fully saturated rings. The van der Waals surface area contributed by atoms with E-state index in [4.69, 9.17) is 9.47 Å². The van der Waals surface area contributed by atoms with Crippen LogP contribution in [0.1, 0.15) is 43.6 Å².